The van der Waals surface area contributed by atoms with Crippen molar-refractivity contribution in [1.29, 1.82) is 0 Å². The number of H-pyrrole nitrogens is 1. The Labute approximate surface area is 198 Å². The molecular weight excluding hydrogens is 458 g/mol. The Hall–Kier alpha value is -4.30. The summed E-state index contributed by atoms with van der Waals surface area (Å²) in [6.07, 6.45) is 0.521. The molecule has 3 N–H and O–H groups in total. The molecule has 0 radical (unpaired) electrons. The normalized spacial score (nSPS) is 11.3. The summed E-state index contributed by atoms with van der Waals surface area (Å²) in [6, 6.07) is 14.0. The fraction of sp³-hybridized carbons (Fsp3) is 0.0800. The number of nitrogens with zero attached hydrogens (tertiary/aromatic N) is 2. The van der Waals surface area contributed by atoms with Crippen molar-refractivity contribution in [3.05, 3.63) is 76.4 Å². The third kappa shape index (κ3) is 3.64. The summed E-state index contributed by atoms with van der Waals surface area (Å²) in [4.78, 5) is 30.5. The Bertz CT molecular complexity index is 1630. The minimum Gasteiger partial charge on any atom is -0.478 e. The highest BCUT2D eigenvalue weighted by Crippen LogP contribution is 2.35. The zero-order valence-corrected chi connectivity index (χ0v) is 18.8. The smallest absolute Gasteiger partial charge is 0.416 e. The van der Waals surface area contributed by atoms with Gasteiger partial charge in [0.15, 0.2) is 0 Å². The Morgan fingerprint density at radius 1 is 1.03 bits per heavy atom. The quantitative estimate of drug-likeness (QED) is 0.274. The molecule has 0 aliphatic heterocycles. The van der Waals surface area contributed by atoms with Crippen molar-refractivity contribution in [3.8, 4) is 22.9 Å². The number of carbonyl (C=O) groups is 2. The minimum absolute atomic E-state index is 0.149. The van der Waals surface area contributed by atoms with Gasteiger partial charge in [0, 0.05) is 17.1 Å². The van der Waals surface area contributed by atoms with E-state index in [-0.39, 0.29) is 11.6 Å². The van der Waals surface area contributed by atoms with Crippen molar-refractivity contribution in [1.82, 2.24) is 14.5 Å². The summed E-state index contributed by atoms with van der Waals surface area (Å²) in [7, 11) is 0. The van der Waals surface area contributed by atoms with Crippen LogP contribution in [-0.2, 0) is 0 Å². The third-order valence-electron chi connectivity index (χ3n) is 5.72. The molecule has 170 valence electrons. The van der Waals surface area contributed by atoms with Gasteiger partial charge < -0.3 is 19.9 Å². The number of hydrogen-bond acceptors (Lipinski definition) is 4. The lowest BCUT2D eigenvalue weighted by atomic mass is 10.0. The Kier molecular flexibility index (Phi) is 5.02. The van der Waals surface area contributed by atoms with Crippen molar-refractivity contribution in [2.75, 3.05) is 0 Å². The number of carboxylic acids is 1. The first-order chi connectivity index (χ1) is 16.2. The van der Waals surface area contributed by atoms with Crippen LogP contribution in [0.1, 0.15) is 21.5 Å². The van der Waals surface area contributed by atoms with Gasteiger partial charge in [-0.2, -0.15) is 4.98 Å². The number of fused-ring (bicyclic) bond motifs is 2. The van der Waals surface area contributed by atoms with Gasteiger partial charge in [-0.15, -0.1) is 0 Å². The number of ether oxygens (including phenoxy) is 1. The monoisotopic (exact) mass is 475 g/mol. The molecule has 0 saturated carbocycles. The van der Waals surface area contributed by atoms with E-state index in [1.165, 1.54) is 10.6 Å². The van der Waals surface area contributed by atoms with Crippen LogP contribution in [-0.4, -0.2) is 36.8 Å². The van der Waals surface area contributed by atoms with Crippen LogP contribution in [0.4, 0.5) is 4.79 Å². The topological polar surface area (TPSA) is 117 Å². The zero-order chi connectivity index (χ0) is 24.1. The molecule has 8 nitrogen and oxygen atoms in total. The number of imidazole rings is 1. The summed E-state index contributed by atoms with van der Waals surface area (Å²) >= 11 is 6.56. The number of aromatic amines is 1. The highest BCUT2D eigenvalue weighted by molar-refractivity contribution is 6.34. The standard InChI is InChI=1S/C25H18ClN3O5/c1-12-3-5-15(8-17(12)23(30)31)34-24-27-20-9-18(19(26)10-21(20)28-24)14-4-6-16-13(2)11-29(25(32)33)22(16)7-14/h3-11H,1-2H3,(H,27,28)(H,30,31)(H,32,33). The van der Waals surface area contributed by atoms with Gasteiger partial charge in [0.2, 0.25) is 0 Å². The Morgan fingerprint density at radius 3 is 2.56 bits per heavy atom. The van der Waals surface area contributed by atoms with Crippen molar-refractivity contribution in [3.63, 3.8) is 0 Å². The van der Waals surface area contributed by atoms with Crippen LogP contribution in [0.15, 0.2) is 54.7 Å². The minimum atomic E-state index is -1.06. The number of nitrogens with one attached hydrogen (secondary N) is 1. The van der Waals surface area contributed by atoms with E-state index in [1.54, 1.807) is 43.5 Å². The highest BCUT2D eigenvalue weighted by Gasteiger charge is 2.15. The predicted octanol–water partition coefficient (Wildman–Crippen LogP) is 6.47. The SMILES string of the molecule is Cc1ccc(Oc2nc3cc(-c4ccc5c(C)cn(C(=O)O)c5c4)c(Cl)cc3[nH]2)cc1C(=O)O. The van der Waals surface area contributed by atoms with Gasteiger partial charge in [0.1, 0.15) is 5.75 Å². The molecule has 0 amide bonds. The molecular formula is C25H18ClN3O5. The maximum absolute atomic E-state index is 11.6. The molecule has 9 heteroatoms. The molecule has 0 aliphatic rings. The summed E-state index contributed by atoms with van der Waals surface area (Å²) in [5, 5.41) is 20.1. The fourth-order valence-corrected chi connectivity index (χ4v) is 4.28. The molecule has 0 spiro atoms. The van der Waals surface area contributed by atoms with Gasteiger partial charge in [0.05, 0.1) is 27.1 Å². The van der Waals surface area contributed by atoms with Crippen molar-refractivity contribution >= 4 is 45.6 Å². The molecule has 0 atom stereocenters. The van der Waals surface area contributed by atoms with Gasteiger partial charge in [-0.05, 0) is 60.9 Å². The zero-order valence-electron chi connectivity index (χ0n) is 18.1. The number of aryl methyl sites for hydroxylation is 2. The van der Waals surface area contributed by atoms with Gasteiger partial charge in [-0.25, -0.2) is 9.59 Å². The maximum atomic E-state index is 11.6. The van der Waals surface area contributed by atoms with Crippen LogP contribution in [0.2, 0.25) is 5.02 Å². The molecule has 0 bridgehead atoms. The summed E-state index contributed by atoms with van der Waals surface area (Å²) in [5.74, 6) is -0.700. The number of halogens is 1. The first-order valence-electron chi connectivity index (χ1n) is 10.3. The highest BCUT2D eigenvalue weighted by atomic mass is 35.5. The van der Waals surface area contributed by atoms with E-state index in [0.717, 1.165) is 16.5 Å². The second-order valence-electron chi connectivity index (χ2n) is 7.97. The molecule has 5 rings (SSSR count). The molecule has 0 unspecified atom stereocenters. The first kappa shape index (κ1) is 21.5. The van der Waals surface area contributed by atoms with Crippen molar-refractivity contribution < 1.29 is 24.5 Å². The van der Waals surface area contributed by atoms with Gasteiger partial charge in [0.25, 0.3) is 6.01 Å². The van der Waals surface area contributed by atoms with E-state index in [4.69, 9.17) is 16.3 Å². The lowest BCUT2D eigenvalue weighted by Crippen LogP contribution is -2.05. The lowest BCUT2D eigenvalue weighted by Gasteiger charge is -2.06. The van der Waals surface area contributed by atoms with E-state index >= 15 is 0 Å². The Morgan fingerprint density at radius 2 is 1.82 bits per heavy atom. The average molecular weight is 476 g/mol. The van der Waals surface area contributed by atoms with Crippen molar-refractivity contribution in [2.24, 2.45) is 0 Å². The molecule has 2 heterocycles. The van der Waals surface area contributed by atoms with Crippen LogP contribution in [0.5, 0.6) is 11.8 Å². The van der Waals surface area contributed by atoms with Gasteiger partial charge in [-0.3, -0.25) is 4.57 Å². The molecule has 3 aromatic carbocycles. The fourth-order valence-electron chi connectivity index (χ4n) is 4.01. The van der Waals surface area contributed by atoms with E-state index in [0.29, 0.717) is 38.4 Å². The summed E-state index contributed by atoms with van der Waals surface area (Å²) in [5.41, 5.74) is 4.87. The number of rotatable bonds is 4. The predicted molar refractivity (Wildman–Crippen MR) is 128 cm³/mol. The number of benzene rings is 3. The van der Waals surface area contributed by atoms with E-state index in [2.05, 4.69) is 9.97 Å². The largest absolute Gasteiger partial charge is 0.478 e. The second kappa shape index (κ2) is 7.93. The molecule has 2 aromatic heterocycles. The van der Waals surface area contributed by atoms with Crippen LogP contribution >= 0.6 is 11.6 Å². The molecule has 0 saturated heterocycles. The maximum Gasteiger partial charge on any atom is 0.416 e. The van der Waals surface area contributed by atoms with Crippen LogP contribution in [0.25, 0.3) is 33.1 Å². The number of aromatic nitrogens is 3. The van der Waals surface area contributed by atoms with E-state index in [9.17, 15) is 19.8 Å². The third-order valence-corrected chi connectivity index (χ3v) is 6.04. The second-order valence-corrected chi connectivity index (χ2v) is 8.38. The van der Waals surface area contributed by atoms with Gasteiger partial charge >= 0.3 is 12.1 Å². The average Bonchev–Trinajstić information content (AvgIpc) is 3.33. The lowest BCUT2D eigenvalue weighted by molar-refractivity contribution is 0.0695. The Balaban J connectivity index is 1.54. The summed E-state index contributed by atoms with van der Waals surface area (Å²) in [6.45, 7) is 3.57. The molecule has 0 fully saturated rings. The van der Waals surface area contributed by atoms with E-state index < -0.39 is 12.1 Å². The van der Waals surface area contributed by atoms with Crippen molar-refractivity contribution in [2.45, 2.75) is 13.8 Å². The number of hydrogen-bond donors (Lipinski definition) is 3. The number of carboxylic acid groups (broad SMARTS) is 2. The molecule has 5 aromatic rings. The van der Waals surface area contributed by atoms with Gasteiger partial charge in [-0.1, -0.05) is 29.8 Å². The first-order valence-corrected chi connectivity index (χ1v) is 10.7. The van der Waals surface area contributed by atoms with Crippen LogP contribution in [0, 0.1) is 13.8 Å². The van der Waals surface area contributed by atoms with Crippen LogP contribution in [0.3, 0.4) is 0 Å². The molecule has 0 aliphatic carbocycles. The number of aromatic carboxylic acids is 1. The van der Waals surface area contributed by atoms with Crippen LogP contribution < -0.4 is 4.74 Å². The molecule has 34 heavy (non-hydrogen) atoms. The van der Waals surface area contributed by atoms with E-state index in [1.807, 2.05) is 19.1 Å². The summed E-state index contributed by atoms with van der Waals surface area (Å²) < 4.78 is 6.94.